The van der Waals surface area contributed by atoms with E-state index >= 15 is 0 Å². The Morgan fingerprint density at radius 3 is 2.51 bits per heavy atom. The smallest absolute Gasteiger partial charge is 0.442 e. The first kappa shape index (κ1) is 29.3. The van der Waals surface area contributed by atoms with Crippen molar-refractivity contribution >= 4 is 56.1 Å². The Kier molecular flexibility index (Phi) is 9.50. The molecule has 0 saturated carbocycles. The highest BCUT2D eigenvalue weighted by Gasteiger charge is 2.45. The van der Waals surface area contributed by atoms with Gasteiger partial charge in [-0.25, -0.2) is 9.18 Å². The van der Waals surface area contributed by atoms with Crippen LogP contribution in [0.3, 0.4) is 0 Å². The quantitative estimate of drug-likeness (QED) is 0.212. The SMILES string of the molecule is O=C1O[C@@H](CNC(=S)Nc2ccc(CC([P+](=O)O)P(=O)(O)O)cc2)CN1c1ccc(N2CCOCC2)c(F)c1. The van der Waals surface area contributed by atoms with Crippen molar-refractivity contribution in [1.29, 1.82) is 0 Å². The summed E-state index contributed by atoms with van der Waals surface area (Å²) in [5.74, 6) is -0.428. The van der Waals surface area contributed by atoms with E-state index in [0.717, 1.165) is 0 Å². The molecule has 3 atom stereocenters. The highest BCUT2D eigenvalue weighted by molar-refractivity contribution is 7.80. The largest absolute Gasteiger partial charge is 0.522 e. The molecule has 4 rings (SSSR count). The minimum absolute atomic E-state index is 0.202. The second-order valence-electron chi connectivity index (χ2n) is 8.96. The third-order valence-corrected chi connectivity index (χ3v) is 9.63. The van der Waals surface area contributed by atoms with Gasteiger partial charge in [-0.1, -0.05) is 12.1 Å². The first-order valence-corrected chi connectivity index (χ1v) is 15.3. The minimum Gasteiger partial charge on any atom is -0.442 e. The number of cyclic esters (lactones) is 1. The van der Waals surface area contributed by atoms with E-state index in [1.54, 1.807) is 36.4 Å². The fraction of sp³-hybridized carbons (Fsp3) is 0.391. The van der Waals surface area contributed by atoms with Gasteiger partial charge in [0.1, 0.15) is 11.9 Å². The molecule has 1 amide bonds. The van der Waals surface area contributed by atoms with E-state index in [1.807, 2.05) is 4.90 Å². The van der Waals surface area contributed by atoms with E-state index in [0.29, 0.717) is 48.9 Å². The van der Waals surface area contributed by atoms with Gasteiger partial charge in [0.25, 0.3) is 5.40 Å². The molecule has 16 heteroatoms. The van der Waals surface area contributed by atoms with Crippen LogP contribution in [-0.4, -0.2) is 76.8 Å². The molecule has 0 aromatic heterocycles. The number of nitrogens with zero attached hydrogens (tertiary/aromatic N) is 2. The van der Waals surface area contributed by atoms with Crippen molar-refractivity contribution in [3.05, 3.63) is 53.8 Å². The zero-order valence-electron chi connectivity index (χ0n) is 20.6. The highest BCUT2D eigenvalue weighted by atomic mass is 32.1. The zero-order valence-corrected chi connectivity index (χ0v) is 23.2. The van der Waals surface area contributed by atoms with Gasteiger partial charge in [0.15, 0.2) is 5.11 Å². The van der Waals surface area contributed by atoms with Crippen molar-refractivity contribution in [1.82, 2.24) is 5.32 Å². The molecule has 2 aliphatic heterocycles. The topological polar surface area (TPSA) is 161 Å². The molecule has 2 aromatic carbocycles. The first-order chi connectivity index (χ1) is 18.5. The molecule has 0 radical (unpaired) electrons. The highest BCUT2D eigenvalue weighted by Crippen LogP contribution is 2.53. The van der Waals surface area contributed by atoms with Crippen molar-refractivity contribution in [3.8, 4) is 0 Å². The van der Waals surface area contributed by atoms with Crippen molar-refractivity contribution in [2.45, 2.75) is 17.9 Å². The predicted octanol–water partition coefficient (Wildman–Crippen LogP) is 2.76. The molecule has 39 heavy (non-hydrogen) atoms. The van der Waals surface area contributed by atoms with Gasteiger partial charge in [-0.2, -0.15) is 4.89 Å². The number of morpholine rings is 1. The van der Waals surface area contributed by atoms with Crippen molar-refractivity contribution < 1.29 is 42.5 Å². The summed E-state index contributed by atoms with van der Waals surface area (Å²) >= 11 is 5.29. The Balaban J connectivity index is 1.27. The van der Waals surface area contributed by atoms with E-state index in [-0.39, 0.29) is 24.6 Å². The molecule has 0 aliphatic carbocycles. The van der Waals surface area contributed by atoms with E-state index in [9.17, 15) is 33.0 Å². The van der Waals surface area contributed by atoms with Crippen LogP contribution in [0.2, 0.25) is 0 Å². The molecule has 0 spiro atoms. The van der Waals surface area contributed by atoms with Gasteiger partial charge in [0.2, 0.25) is 0 Å². The molecule has 5 N–H and O–H groups in total. The molecule has 2 aliphatic rings. The second-order valence-corrected chi connectivity index (χ2v) is 12.8. The number of amides is 1. The average Bonchev–Trinajstić information content (AvgIpc) is 3.27. The number of thiocarbonyl (C=S) groups is 1. The number of carbonyl (C=O) groups excluding carboxylic acids is 1. The Hall–Kier alpha value is -2.70. The van der Waals surface area contributed by atoms with E-state index in [1.165, 1.54) is 11.0 Å². The van der Waals surface area contributed by atoms with Gasteiger partial charge in [-0.3, -0.25) is 9.46 Å². The van der Waals surface area contributed by atoms with Gasteiger partial charge in [-0.15, -0.1) is 0 Å². The number of anilines is 3. The van der Waals surface area contributed by atoms with Crippen LogP contribution in [0.15, 0.2) is 42.5 Å². The number of rotatable bonds is 9. The fourth-order valence-corrected chi connectivity index (χ4v) is 6.25. The van der Waals surface area contributed by atoms with Gasteiger partial charge >= 0.3 is 21.7 Å². The Morgan fingerprint density at radius 1 is 1.21 bits per heavy atom. The maximum atomic E-state index is 14.8. The van der Waals surface area contributed by atoms with Gasteiger partial charge in [0.05, 0.1) is 37.7 Å². The summed E-state index contributed by atoms with van der Waals surface area (Å²) in [7, 11) is -7.79. The molecule has 2 heterocycles. The Labute approximate surface area is 230 Å². The molecular weight excluding hydrogens is 573 g/mol. The van der Waals surface area contributed by atoms with E-state index in [4.69, 9.17) is 21.7 Å². The number of benzene rings is 2. The summed E-state index contributed by atoms with van der Waals surface area (Å²) in [6.45, 7) is 2.66. The molecule has 2 saturated heterocycles. The van der Waals surface area contributed by atoms with Crippen LogP contribution < -0.4 is 20.4 Å². The lowest BCUT2D eigenvalue weighted by Gasteiger charge is -2.29. The van der Waals surface area contributed by atoms with Gasteiger partial charge < -0.3 is 34.8 Å². The molecule has 2 unspecified atom stereocenters. The lowest BCUT2D eigenvalue weighted by molar-refractivity contribution is 0.122. The van der Waals surface area contributed by atoms with Crippen LogP contribution in [0.25, 0.3) is 0 Å². The lowest BCUT2D eigenvalue weighted by Crippen LogP contribution is -2.37. The van der Waals surface area contributed by atoms with Crippen molar-refractivity contribution in [2.24, 2.45) is 0 Å². The molecule has 2 fully saturated rings. The number of hydrogen-bond donors (Lipinski definition) is 5. The molecule has 210 valence electrons. The molecule has 12 nitrogen and oxygen atoms in total. The van der Waals surface area contributed by atoms with Crippen LogP contribution in [0, 0.1) is 5.82 Å². The standard InChI is InChI=1S/C23H27FN4O8P2S/c24-19-12-17(5-6-20(19)27-7-9-35-10-8-27)28-14-18(36-23(28)29)13-25-22(39)26-16-3-1-15(2-4-16)11-21(37(30)31)38(32,33)34/h1-6,12,18,21H,7-11,13-14H2,(H4-,25,26,30,31,32,33,34,39)/p+1/t18-,21?/m0/s1. The number of nitrogens with one attached hydrogen (secondary N) is 2. The summed E-state index contributed by atoms with van der Waals surface area (Å²) in [5, 5.41) is 4.46. The fourth-order valence-electron chi connectivity index (χ4n) is 4.21. The summed E-state index contributed by atoms with van der Waals surface area (Å²) in [5.41, 5.74) is 1.89. The van der Waals surface area contributed by atoms with Crippen LogP contribution in [0.1, 0.15) is 5.56 Å². The molecule has 2 aromatic rings. The van der Waals surface area contributed by atoms with Gasteiger partial charge in [-0.05, 0) is 52.7 Å². The summed E-state index contributed by atoms with van der Waals surface area (Å²) in [6, 6.07) is 11.0. The Bertz CT molecular complexity index is 1280. The van der Waals surface area contributed by atoms with Crippen molar-refractivity contribution in [2.75, 3.05) is 54.5 Å². The number of carbonyl (C=O) groups is 1. The first-order valence-electron chi connectivity index (χ1n) is 12.0. The zero-order chi connectivity index (χ0) is 28.2. The van der Waals surface area contributed by atoms with Crippen LogP contribution in [0.4, 0.5) is 26.2 Å². The van der Waals surface area contributed by atoms with Crippen LogP contribution in [0.5, 0.6) is 0 Å². The molecule has 0 bridgehead atoms. The monoisotopic (exact) mass is 601 g/mol. The molecular formula is C23H28FN4O8P2S+. The predicted molar refractivity (Wildman–Crippen MR) is 147 cm³/mol. The normalized spacial score (nSPS) is 18.9. The maximum absolute atomic E-state index is 14.8. The summed E-state index contributed by atoms with van der Waals surface area (Å²) < 4.78 is 48.2. The van der Waals surface area contributed by atoms with Crippen LogP contribution in [-0.2, 0) is 25.0 Å². The van der Waals surface area contributed by atoms with Crippen molar-refractivity contribution in [3.63, 3.8) is 0 Å². The van der Waals surface area contributed by atoms with Crippen LogP contribution >= 0.6 is 27.8 Å². The summed E-state index contributed by atoms with van der Waals surface area (Å²) in [6.07, 6.45) is -1.39. The maximum Gasteiger partial charge on any atom is 0.522 e. The minimum atomic E-state index is -4.74. The third-order valence-electron chi connectivity index (χ3n) is 6.23. The average molecular weight is 602 g/mol. The summed E-state index contributed by atoms with van der Waals surface area (Å²) in [4.78, 5) is 43.5. The number of hydrogen-bond acceptors (Lipinski definition) is 7. The second kappa shape index (κ2) is 12.6. The van der Waals surface area contributed by atoms with E-state index < -0.39 is 39.0 Å². The lowest BCUT2D eigenvalue weighted by atomic mass is 10.1. The van der Waals surface area contributed by atoms with Gasteiger partial charge in [0, 0.05) is 25.2 Å². The number of halogens is 1. The van der Waals surface area contributed by atoms with E-state index in [2.05, 4.69) is 10.6 Å². The third kappa shape index (κ3) is 7.70. The Morgan fingerprint density at radius 2 is 1.90 bits per heavy atom. The number of ether oxygens (including phenoxy) is 2.